The van der Waals surface area contributed by atoms with Gasteiger partial charge in [0.2, 0.25) is 0 Å². The number of carbonyl (C=O) groups is 1. The number of fused-ring (bicyclic) bond motifs is 1. The van der Waals surface area contributed by atoms with E-state index in [1.54, 1.807) is 10.7 Å². The van der Waals surface area contributed by atoms with E-state index in [2.05, 4.69) is 37.7 Å². The molecule has 0 fully saturated rings. The van der Waals surface area contributed by atoms with E-state index in [4.69, 9.17) is 21.3 Å². The summed E-state index contributed by atoms with van der Waals surface area (Å²) in [6.45, 7) is 0.932. The van der Waals surface area contributed by atoms with Gasteiger partial charge in [0, 0.05) is 29.7 Å². The van der Waals surface area contributed by atoms with Gasteiger partial charge in [-0.2, -0.15) is 9.61 Å². The number of hydrogen-bond acceptors (Lipinski definition) is 5. The smallest absolute Gasteiger partial charge is 0.258 e. The summed E-state index contributed by atoms with van der Waals surface area (Å²) in [5.41, 5.74) is 4.33. The van der Waals surface area contributed by atoms with Crippen LogP contribution >= 0.6 is 27.5 Å². The van der Waals surface area contributed by atoms with Crippen LogP contribution in [0.15, 0.2) is 95.6 Å². The minimum atomic E-state index is -0.178. The molecule has 2 aromatic heterocycles. The summed E-state index contributed by atoms with van der Waals surface area (Å²) >= 11 is 9.97. The van der Waals surface area contributed by atoms with E-state index in [9.17, 15) is 4.79 Å². The van der Waals surface area contributed by atoms with Crippen LogP contribution < -0.4 is 15.4 Å². The first-order valence-corrected chi connectivity index (χ1v) is 12.8. The molecule has 9 heteroatoms. The van der Waals surface area contributed by atoms with Crippen molar-refractivity contribution in [2.45, 2.75) is 13.1 Å². The van der Waals surface area contributed by atoms with Gasteiger partial charge in [-0.05, 0) is 45.3 Å². The molecule has 3 aromatic carbocycles. The molecule has 1 amide bonds. The first kappa shape index (κ1) is 24.8. The summed E-state index contributed by atoms with van der Waals surface area (Å²) in [7, 11) is 0. The molecule has 0 saturated carbocycles. The van der Waals surface area contributed by atoms with Gasteiger partial charge in [-0.15, -0.1) is 0 Å². The topological polar surface area (TPSA) is 80.5 Å². The van der Waals surface area contributed by atoms with Crippen molar-refractivity contribution < 1.29 is 9.53 Å². The zero-order valence-corrected chi connectivity index (χ0v) is 22.0. The molecule has 0 radical (unpaired) electrons. The molecule has 7 nitrogen and oxygen atoms in total. The molecule has 0 saturated heterocycles. The summed E-state index contributed by atoms with van der Waals surface area (Å²) in [5, 5.41) is 11.4. The monoisotopic (exact) mass is 575 g/mol. The predicted octanol–water partition coefficient (Wildman–Crippen LogP) is 6.12. The minimum Gasteiger partial charge on any atom is -0.484 e. The molecule has 0 aliphatic heterocycles. The molecule has 0 aliphatic rings. The van der Waals surface area contributed by atoms with E-state index < -0.39 is 0 Å². The Kier molecular flexibility index (Phi) is 7.67. The third kappa shape index (κ3) is 6.10. The highest BCUT2D eigenvalue weighted by atomic mass is 79.9. The molecular weight excluding hydrogens is 554 g/mol. The van der Waals surface area contributed by atoms with Gasteiger partial charge >= 0.3 is 0 Å². The van der Waals surface area contributed by atoms with Crippen LogP contribution in [0.5, 0.6) is 5.75 Å². The maximum absolute atomic E-state index is 12.2. The maximum Gasteiger partial charge on any atom is 0.258 e. The second-order valence-electron chi connectivity index (χ2n) is 8.29. The van der Waals surface area contributed by atoms with Crippen molar-refractivity contribution in [2.75, 3.05) is 11.9 Å². The zero-order chi connectivity index (χ0) is 25.6. The molecule has 5 rings (SSSR count). The Labute approximate surface area is 227 Å². The summed E-state index contributed by atoms with van der Waals surface area (Å²) in [4.78, 5) is 17.0. The number of carbonyl (C=O) groups excluding carboxylic acids is 1. The second kappa shape index (κ2) is 11.5. The largest absolute Gasteiger partial charge is 0.484 e. The molecule has 0 spiro atoms. The number of anilines is 1. The van der Waals surface area contributed by atoms with Crippen LogP contribution in [0.2, 0.25) is 5.02 Å². The van der Waals surface area contributed by atoms with Crippen molar-refractivity contribution in [3.63, 3.8) is 0 Å². The molecule has 0 aliphatic carbocycles. The van der Waals surface area contributed by atoms with Crippen molar-refractivity contribution in [3.05, 3.63) is 112 Å². The lowest BCUT2D eigenvalue weighted by atomic mass is 10.1. The number of nitrogens with one attached hydrogen (secondary N) is 2. The molecule has 37 heavy (non-hydrogen) atoms. The zero-order valence-electron chi connectivity index (χ0n) is 19.7. The minimum absolute atomic E-state index is 0.0313. The molecule has 2 N–H and O–H groups in total. The number of nitrogens with zero attached hydrogens (tertiary/aromatic N) is 3. The van der Waals surface area contributed by atoms with Gasteiger partial charge in [-0.25, -0.2) is 4.98 Å². The fourth-order valence-corrected chi connectivity index (χ4v) is 4.41. The third-order valence-electron chi connectivity index (χ3n) is 5.65. The first-order chi connectivity index (χ1) is 18.1. The van der Waals surface area contributed by atoms with E-state index in [1.807, 2.05) is 78.9 Å². The molecular formula is C28H23BrClN5O2. The Bertz CT molecular complexity index is 1540. The third-order valence-corrected chi connectivity index (χ3v) is 6.54. The van der Waals surface area contributed by atoms with E-state index in [0.29, 0.717) is 29.5 Å². The van der Waals surface area contributed by atoms with Gasteiger partial charge in [0.25, 0.3) is 5.91 Å². The number of para-hydroxylation sites is 1. The summed E-state index contributed by atoms with van der Waals surface area (Å²) in [5.74, 6) is 1.27. The number of rotatable bonds is 9. The Morgan fingerprint density at radius 3 is 2.51 bits per heavy atom. The lowest BCUT2D eigenvalue weighted by molar-refractivity contribution is -0.123. The second-order valence-corrected chi connectivity index (χ2v) is 9.55. The van der Waals surface area contributed by atoms with Crippen molar-refractivity contribution in [2.24, 2.45) is 0 Å². The fraction of sp³-hybridized carbons (Fsp3) is 0.107. The summed E-state index contributed by atoms with van der Waals surface area (Å²) in [6.07, 6.45) is 1.72. The van der Waals surface area contributed by atoms with E-state index in [-0.39, 0.29) is 12.5 Å². The Morgan fingerprint density at radius 2 is 1.70 bits per heavy atom. The first-order valence-electron chi connectivity index (χ1n) is 11.6. The van der Waals surface area contributed by atoms with Crippen LogP contribution in [0, 0.1) is 0 Å². The average molecular weight is 577 g/mol. The predicted molar refractivity (Wildman–Crippen MR) is 149 cm³/mol. The quantitative estimate of drug-likeness (QED) is 0.221. The number of benzene rings is 3. The standard InChI is InChI=1S/C28H23BrClN5O2/c29-23-17-33-35-26(14-25(34-28(23)35)22-11-4-5-12-24(22)30)31-15-19-7-6-8-20(13-19)16-32-27(36)18-37-21-9-2-1-3-10-21/h1-14,17,31H,15-16,18H2,(H,32,36). The number of aromatic nitrogens is 3. The van der Waals surface area contributed by atoms with Crippen molar-refractivity contribution >= 4 is 44.9 Å². The van der Waals surface area contributed by atoms with Crippen LogP contribution in [0.25, 0.3) is 16.9 Å². The number of ether oxygens (including phenoxy) is 1. The van der Waals surface area contributed by atoms with Crippen LogP contribution in [-0.2, 0) is 17.9 Å². The molecule has 0 atom stereocenters. The van der Waals surface area contributed by atoms with Crippen LogP contribution in [0.1, 0.15) is 11.1 Å². The fourth-order valence-electron chi connectivity index (χ4n) is 3.83. The summed E-state index contributed by atoms with van der Waals surface area (Å²) in [6, 6.07) is 26.9. The Hall–Kier alpha value is -3.88. The number of amides is 1. The average Bonchev–Trinajstić information content (AvgIpc) is 3.31. The molecule has 186 valence electrons. The van der Waals surface area contributed by atoms with Crippen LogP contribution in [-0.4, -0.2) is 27.1 Å². The van der Waals surface area contributed by atoms with E-state index in [0.717, 1.165) is 32.7 Å². The van der Waals surface area contributed by atoms with E-state index >= 15 is 0 Å². The lowest BCUT2D eigenvalue weighted by Crippen LogP contribution is -2.28. The molecule has 0 unspecified atom stereocenters. The normalized spacial score (nSPS) is 10.9. The van der Waals surface area contributed by atoms with Gasteiger partial charge in [-0.1, -0.05) is 72.3 Å². The highest BCUT2D eigenvalue weighted by Crippen LogP contribution is 2.30. The van der Waals surface area contributed by atoms with Crippen molar-refractivity contribution in [3.8, 4) is 17.0 Å². The number of hydrogen-bond donors (Lipinski definition) is 2. The highest BCUT2D eigenvalue weighted by Gasteiger charge is 2.13. The van der Waals surface area contributed by atoms with Gasteiger partial charge in [0.1, 0.15) is 11.6 Å². The van der Waals surface area contributed by atoms with Gasteiger partial charge in [0.15, 0.2) is 12.3 Å². The van der Waals surface area contributed by atoms with E-state index in [1.165, 1.54) is 0 Å². The number of halogens is 2. The van der Waals surface area contributed by atoms with Gasteiger partial charge < -0.3 is 15.4 Å². The van der Waals surface area contributed by atoms with Crippen LogP contribution in [0.4, 0.5) is 5.82 Å². The van der Waals surface area contributed by atoms with Gasteiger partial charge in [0.05, 0.1) is 16.4 Å². The highest BCUT2D eigenvalue weighted by molar-refractivity contribution is 9.10. The van der Waals surface area contributed by atoms with Crippen molar-refractivity contribution in [1.82, 2.24) is 19.9 Å². The Morgan fingerprint density at radius 1 is 0.946 bits per heavy atom. The summed E-state index contributed by atoms with van der Waals surface area (Å²) < 4.78 is 8.05. The van der Waals surface area contributed by atoms with Crippen molar-refractivity contribution in [1.29, 1.82) is 0 Å². The molecule has 5 aromatic rings. The van der Waals surface area contributed by atoms with Gasteiger partial charge in [-0.3, -0.25) is 4.79 Å². The molecule has 2 heterocycles. The SMILES string of the molecule is O=C(COc1ccccc1)NCc1cccc(CNc2cc(-c3ccccc3Cl)nc3c(Br)cnn23)c1. The lowest BCUT2D eigenvalue weighted by Gasteiger charge is -2.13. The van der Waals surface area contributed by atoms with Crippen LogP contribution in [0.3, 0.4) is 0 Å². The molecule has 0 bridgehead atoms. The Balaban J connectivity index is 1.26. The maximum atomic E-state index is 12.2.